The highest BCUT2D eigenvalue weighted by atomic mass is 79.9. The van der Waals surface area contributed by atoms with Gasteiger partial charge in [0.15, 0.2) is 0 Å². The van der Waals surface area contributed by atoms with Gasteiger partial charge in [0.1, 0.15) is 10.8 Å². The van der Waals surface area contributed by atoms with Crippen molar-refractivity contribution in [1.29, 1.82) is 0 Å². The van der Waals surface area contributed by atoms with E-state index in [1.54, 1.807) is 6.07 Å². The molecule has 19 heavy (non-hydrogen) atoms. The maximum Gasteiger partial charge on any atom is 0.325 e. The molecule has 2 N–H and O–H groups in total. The maximum atomic E-state index is 11.8. The molecule has 106 valence electrons. The lowest BCUT2D eigenvalue weighted by atomic mass is 10.5. The number of hydrogen-bond acceptors (Lipinski definition) is 6. The largest absolute Gasteiger partial charge is 0.468 e. The summed E-state index contributed by atoms with van der Waals surface area (Å²) in [6.07, 6.45) is 0. The molecule has 0 aliphatic rings. The van der Waals surface area contributed by atoms with Gasteiger partial charge in [-0.3, -0.25) is 9.59 Å². The summed E-state index contributed by atoms with van der Waals surface area (Å²) < 4.78 is 30.7. The van der Waals surface area contributed by atoms with Crippen molar-refractivity contribution in [2.75, 3.05) is 20.2 Å². The third-order valence-electron chi connectivity index (χ3n) is 1.89. The maximum absolute atomic E-state index is 11.8. The standard InChI is InChI=1S/C9H11BrN2O5S2/c1-17-8(14)5-11-7(13)4-12-19(15,16)9-3-2-6(10)18-9/h2-3,12H,4-5H2,1H3,(H,11,13). The number of amides is 1. The molecule has 0 atom stereocenters. The van der Waals surface area contributed by atoms with Gasteiger partial charge in [0.05, 0.1) is 17.4 Å². The van der Waals surface area contributed by atoms with Gasteiger partial charge in [-0.2, -0.15) is 0 Å². The van der Waals surface area contributed by atoms with Crippen LogP contribution in [0.15, 0.2) is 20.1 Å². The Balaban J connectivity index is 2.48. The quantitative estimate of drug-likeness (QED) is 0.690. The van der Waals surface area contributed by atoms with Crippen LogP contribution >= 0.6 is 27.3 Å². The van der Waals surface area contributed by atoms with Crippen molar-refractivity contribution in [2.45, 2.75) is 4.21 Å². The molecule has 0 spiro atoms. The molecule has 0 fully saturated rings. The Morgan fingerprint density at radius 3 is 2.58 bits per heavy atom. The average molecular weight is 371 g/mol. The van der Waals surface area contributed by atoms with E-state index < -0.39 is 28.4 Å². The first kappa shape index (κ1) is 16.1. The van der Waals surface area contributed by atoms with Crippen LogP contribution in [0.3, 0.4) is 0 Å². The average Bonchev–Trinajstić information content (AvgIpc) is 2.81. The van der Waals surface area contributed by atoms with Crippen LogP contribution in [-0.4, -0.2) is 40.5 Å². The first-order chi connectivity index (χ1) is 8.85. The molecule has 0 aromatic carbocycles. The van der Waals surface area contributed by atoms with Crippen molar-refractivity contribution in [2.24, 2.45) is 0 Å². The van der Waals surface area contributed by atoms with E-state index in [1.165, 1.54) is 13.2 Å². The predicted octanol–water partition coefficient (Wildman–Crippen LogP) is 0.0781. The summed E-state index contributed by atoms with van der Waals surface area (Å²) in [5, 5.41) is 2.22. The number of sulfonamides is 1. The van der Waals surface area contributed by atoms with Crippen LogP contribution in [0.1, 0.15) is 0 Å². The molecule has 10 heteroatoms. The van der Waals surface area contributed by atoms with Crippen LogP contribution in [0.25, 0.3) is 0 Å². The number of methoxy groups -OCH3 is 1. The number of esters is 1. The van der Waals surface area contributed by atoms with E-state index in [9.17, 15) is 18.0 Å². The topological polar surface area (TPSA) is 102 Å². The summed E-state index contributed by atoms with van der Waals surface area (Å²) in [5.41, 5.74) is 0. The van der Waals surface area contributed by atoms with Crippen LogP contribution in [0, 0.1) is 0 Å². The number of hydrogen-bond donors (Lipinski definition) is 2. The smallest absolute Gasteiger partial charge is 0.325 e. The molecule has 0 radical (unpaired) electrons. The number of carbonyl (C=O) groups excluding carboxylic acids is 2. The van der Waals surface area contributed by atoms with E-state index in [1.807, 2.05) is 0 Å². The Morgan fingerprint density at radius 2 is 2.05 bits per heavy atom. The fourth-order valence-corrected chi connectivity index (χ4v) is 4.02. The Labute approximate surface area is 122 Å². The van der Waals surface area contributed by atoms with Crippen LogP contribution in [0.4, 0.5) is 0 Å². The van der Waals surface area contributed by atoms with Gasteiger partial charge < -0.3 is 10.1 Å². The van der Waals surface area contributed by atoms with Gasteiger partial charge in [0, 0.05) is 0 Å². The van der Waals surface area contributed by atoms with E-state index in [4.69, 9.17) is 0 Å². The summed E-state index contributed by atoms with van der Waals surface area (Å²) in [5.74, 6) is -1.23. The molecule has 0 bridgehead atoms. The first-order valence-electron chi connectivity index (χ1n) is 4.93. The van der Waals surface area contributed by atoms with Gasteiger partial charge in [-0.15, -0.1) is 11.3 Å². The summed E-state index contributed by atoms with van der Waals surface area (Å²) in [7, 11) is -2.53. The van der Waals surface area contributed by atoms with Gasteiger partial charge in [-0.05, 0) is 28.1 Å². The molecular formula is C9H11BrN2O5S2. The molecule has 0 unspecified atom stereocenters. The second kappa shape index (κ2) is 6.98. The van der Waals surface area contributed by atoms with Crippen LogP contribution in [0.5, 0.6) is 0 Å². The van der Waals surface area contributed by atoms with Gasteiger partial charge in [0.2, 0.25) is 5.91 Å². The first-order valence-corrected chi connectivity index (χ1v) is 8.03. The minimum atomic E-state index is -3.72. The monoisotopic (exact) mass is 370 g/mol. The summed E-state index contributed by atoms with van der Waals surface area (Å²) in [6.45, 7) is -0.754. The molecule has 7 nitrogen and oxygen atoms in total. The van der Waals surface area contributed by atoms with Crippen LogP contribution in [-0.2, 0) is 24.3 Å². The number of thiophene rings is 1. The van der Waals surface area contributed by atoms with Gasteiger partial charge in [-0.25, -0.2) is 13.1 Å². The van der Waals surface area contributed by atoms with E-state index in [0.29, 0.717) is 3.79 Å². The Bertz CT molecular complexity index is 569. The highest BCUT2D eigenvalue weighted by molar-refractivity contribution is 9.11. The van der Waals surface area contributed by atoms with Crippen molar-refractivity contribution in [3.05, 3.63) is 15.9 Å². The van der Waals surface area contributed by atoms with Gasteiger partial charge in [-0.1, -0.05) is 0 Å². The molecule has 1 heterocycles. The number of nitrogens with one attached hydrogen (secondary N) is 2. The van der Waals surface area contributed by atoms with Crippen molar-refractivity contribution in [1.82, 2.24) is 10.0 Å². The number of carbonyl (C=O) groups is 2. The minimum Gasteiger partial charge on any atom is -0.468 e. The van der Waals surface area contributed by atoms with Crippen molar-refractivity contribution < 1.29 is 22.7 Å². The predicted molar refractivity (Wildman–Crippen MR) is 72.2 cm³/mol. The summed E-state index contributed by atoms with van der Waals surface area (Å²) >= 11 is 4.18. The van der Waals surface area contributed by atoms with Crippen molar-refractivity contribution in [3.8, 4) is 0 Å². The third-order valence-corrected chi connectivity index (χ3v) is 5.41. The van der Waals surface area contributed by atoms with Gasteiger partial charge >= 0.3 is 5.97 Å². The summed E-state index contributed by atoms with van der Waals surface area (Å²) in [6, 6.07) is 3.01. The minimum absolute atomic E-state index is 0.0974. The molecule has 0 saturated heterocycles. The normalized spacial score (nSPS) is 11.1. The zero-order valence-corrected chi connectivity index (χ0v) is 13.0. The molecule has 1 amide bonds. The Kier molecular flexibility index (Phi) is 5.91. The lowest BCUT2D eigenvalue weighted by Gasteiger charge is -2.05. The zero-order chi connectivity index (χ0) is 14.5. The molecule has 0 saturated carbocycles. The fourth-order valence-electron chi connectivity index (χ4n) is 0.979. The number of halogens is 1. The Morgan fingerprint density at radius 1 is 1.37 bits per heavy atom. The third kappa shape index (κ3) is 5.27. The highest BCUT2D eigenvalue weighted by Crippen LogP contribution is 2.25. The molecule has 1 aromatic heterocycles. The Hall–Kier alpha value is -0.970. The van der Waals surface area contributed by atoms with E-state index in [2.05, 4.69) is 30.7 Å². The van der Waals surface area contributed by atoms with Crippen molar-refractivity contribution >= 4 is 49.2 Å². The summed E-state index contributed by atoms with van der Waals surface area (Å²) in [4.78, 5) is 22.1. The van der Waals surface area contributed by atoms with Crippen molar-refractivity contribution in [3.63, 3.8) is 0 Å². The second-order valence-corrected chi connectivity index (χ2v) is 7.69. The van der Waals surface area contributed by atoms with E-state index in [0.717, 1.165) is 11.3 Å². The molecule has 1 rings (SSSR count). The molecule has 0 aliphatic heterocycles. The highest BCUT2D eigenvalue weighted by Gasteiger charge is 2.17. The molecule has 0 aliphatic carbocycles. The van der Waals surface area contributed by atoms with Gasteiger partial charge in [0.25, 0.3) is 10.0 Å². The van der Waals surface area contributed by atoms with Crippen LogP contribution in [0.2, 0.25) is 0 Å². The lowest BCUT2D eigenvalue weighted by molar-refractivity contribution is -0.141. The van der Waals surface area contributed by atoms with E-state index in [-0.39, 0.29) is 10.8 Å². The van der Waals surface area contributed by atoms with Crippen LogP contribution < -0.4 is 10.0 Å². The number of rotatable bonds is 6. The molecular weight excluding hydrogens is 360 g/mol. The number of ether oxygens (including phenoxy) is 1. The fraction of sp³-hybridized carbons (Fsp3) is 0.333. The second-order valence-electron chi connectivity index (χ2n) is 3.24. The SMILES string of the molecule is COC(=O)CNC(=O)CNS(=O)(=O)c1ccc(Br)s1. The van der Waals surface area contributed by atoms with E-state index >= 15 is 0 Å². The lowest BCUT2D eigenvalue weighted by Crippen LogP contribution is -2.39. The zero-order valence-electron chi connectivity index (χ0n) is 9.80. The molecule has 1 aromatic rings.